The molecule has 6 heteroatoms. The Hall–Kier alpha value is -1.53. The van der Waals surface area contributed by atoms with Gasteiger partial charge in [0.1, 0.15) is 0 Å². The molecule has 1 atom stereocenters. The second-order valence-corrected chi connectivity index (χ2v) is 5.16. The molecule has 0 spiro atoms. The molecule has 0 bridgehead atoms. The summed E-state index contributed by atoms with van der Waals surface area (Å²) in [6.45, 7) is 2.06. The Morgan fingerprint density at radius 3 is 2.85 bits per heavy atom. The van der Waals surface area contributed by atoms with E-state index in [9.17, 15) is 9.59 Å². The topological polar surface area (TPSA) is 81.4 Å². The molecule has 0 saturated heterocycles. The van der Waals surface area contributed by atoms with Crippen LogP contribution in [0, 0.1) is 0 Å². The van der Waals surface area contributed by atoms with Crippen molar-refractivity contribution >= 4 is 29.3 Å². The highest BCUT2D eigenvalue weighted by molar-refractivity contribution is 7.98. The normalized spacial score (nSPS) is 11.8. The zero-order valence-corrected chi connectivity index (χ0v) is 12.5. The Bertz CT molecular complexity index is 465. The second kappa shape index (κ2) is 8.60. The summed E-state index contributed by atoms with van der Waals surface area (Å²) in [5.74, 6) is 0.174. The van der Waals surface area contributed by atoms with Gasteiger partial charge in [0, 0.05) is 5.69 Å². The number of carbonyl (C=O) groups excluding carboxylic acids is 2. The zero-order chi connectivity index (χ0) is 15.0. The lowest BCUT2D eigenvalue weighted by molar-refractivity contribution is -0.117. The molecule has 0 fully saturated rings. The quantitative estimate of drug-likeness (QED) is 0.751. The molecular weight excluding hydrogens is 276 g/mol. The number of carbonyl (C=O) groups is 2. The van der Waals surface area contributed by atoms with Crippen LogP contribution in [0.3, 0.4) is 0 Å². The van der Waals surface area contributed by atoms with Crippen molar-refractivity contribution in [1.82, 2.24) is 0 Å². The molecule has 0 radical (unpaired) electrons. The van der Waals surface area contributed by atoms with Crippen LogP contribution in [0.25, 0.3) is 0 Å². The number of nitrogens with two attached hydrogens (primary N) is 1. The highest BCUT2D eigenvalue weighted by Crippen LogP contribution is 2.12. The molecule has 1 aromatic rings. The molecule has 0 aliphatic heterocycles. The van der Waals surface area contributed by atoms with E-state index in [1.54, 1.807) is 43.0 Å². The molecule has 20 heavy (non-hydrogen) atoms. The Labute approximate surface area is 123 Å². The van der Waals surface area contributed by atoms with Gasteiger partial charge in [-0.3, -0.25) is 4.79 Å². The number of benzene rings is 1. The third-order valence-corrected chi connectivity index (χ3v) is 3.25. The molecule has 0 heterocycles. The van der Waals surface area contributed by atoms with E-state index in [2.05, 4.69) is 5.32 Å². The van der Waals surface area contributed by atoms with Crippen molar-refractivity contribution in [3.8, 4) is 0 Å². The second-order valence-electron chi connectivity index (χ2n) is 4.18. The summed E-state index contributed by atoms with van der Waals surface area (Å²) in [6.07, 6.45) is 2.58. The fourth-order valence-electron chi connectivity index (χ4n) is 1.55. The van der Waals surface area contributed by atoms with Crippen LogP contribution in [-0.2, 0) is 9.53 Å². The molecule has 0 unspecified atom stereocenters. The summed E-state index contributed by atoms with van der Waals surface area (Å²) in [6, 6.07) is 6.07. The van der Waals surface area contributed by atoms with Crippen LogP contribution in [-0.4, -0.2) is 36.5 Å². The number of hydrogen-bond donors (Lipinski definition) is 2. The molecule has 1 amide bonds. The average Bonchev–Trinajstić information content (AvgIpc) is 2.45. The largest absolute Gasteiger partial charge is 0.462 e. The van der Waals surface area contributed by atoms with Gasteiger partial charge in [0.15, 0.2) is 0 Å². The van der Waals surface area contributed by atoms with Gasteiger partial charge in [-0.25, -0.2) is 4.79 Å². The number of nitrogens with one attached hydrogen (secondary N) is 1. The van der Waals surface area contributed by atoms with Gasteiger partial charge < -0.3 is 15.8 Å². The lowest BCUT2D eigenvalue weighted by Crippen LogP contribution is -2.36. The highest BCUT2D eigenvalue weighted by Gasteiger charge is 2.14. The highest BCUT2D eigenvalue weighted by atomic mass is 32.2. The number of rotatable bonds is 7. The van der Waals surface area contributed by atoms with Crippen LogP contribution >= 0.6 is 11.8 Å². The maximum absolute atomic E-state index is 11.9. The number of anilines is 1. The van der Waals surface area contributed by atoms with Crippen molar-refractivity contribution in [2.75, 3.05) is 23.9 Å². The van der Waals surface area contributed by atoms with Gasteiger partial charge in [-0.2, -0.15) is 11.8 Å². The van der Waals surface area contributed by atoms with Crippen LogP contribution in [0.5, 0.6) is 0 Å². The number of amides is 1. The number of thioether (sulfide) groups is 1. The Morgan fingerprint density at radius 1 is 1.45 bits per heavy atom. The predicted molar refractivity (Wildman–Crippen MR) is 82.0 cm³/mol. The molecule has 3 N–H and O–H groups in total. The van der Waals surface area contributed by atoms with Gasteiger partial charge in [-0.05, 0) is 43.6 Å². The lowest BCUT2D eigenvalue weighted by atomic mass is 10.2. The minimum absolute atomic E-state index is 0.250. The number of hydrogen-bond acceptors (Lipinski definition) is 5. The predicted octanol–water partition coefficient (Wildman–Crippen LogP) is 1.88. The fourth-order valence-corrected chi connectivity index (χ4v) is 2.04. The summed E-state index contributed by atoms with van der Waals surface area (Å²) in [5, 5.41) is 2.71. The molecule has 110 valence electrons. The number of ether oxygens (including phenoxy) is 1. The maximum atomic E-state index is 11.9. The SMILES string of the molecule is CCOC(=O)c1cccc(NC(=O)[C@@H](N)CCSC)c1. The molecule has 0 aliphatic rings. The van der Waals surface area contributed by atoms with Crippen LogP contribution < -0.4 is 11.1 Å². The van der Waals surface area contributed by atoms with Gasteiger partial charge in [0.2, 0.25) is 5.91 Å². The van der Waals surface area contributed by atoms with Crippen LogP contribution in [0.2, 0.25) is 0 Å². The van der Waals surface area contributed by atoms with Gasteiger partial charge in [-0.1, -0.05) is 6.07 Å². The first-order valence-corrected chi connectivity index (χ1v) is 7.80. The summed E-state index contributed by atoms with van der Waals surface area (Å²) in [7, 11) is 0. The van der Waals surface area contributed by atoms with Gasteiger partial charge in [-0.15, -0.1) is 0 Å². The average molecular weight is 296 g/mol. The first-order valence-electron chi connectivity index (χ1n) is 6.41. The fraction of sp³-hybridized carbons (Fsp3) is 0.429. The van der Waals surface area contributed by atoms with E-state index in [0.29, 0.717) is 24.3 Å². The van der Waals surface area contributed by atoms with Crippen LogP contribution in [0.15, 0.2) is 24.3 Å². The van der Waals surface area contributed by atoms with E-state index in [1.807, 2.05) is 6.26 Å². The molecule has 0 saturated carbocycles. The minimum Gasteiger partial charge on any atom is -0.462 e. The van der Waals surface area contributed by atoms with Gasteiger partial charge in [0.05, 0.1) is 18.2 Å². The van der Waals surface area contributed by atoms with Crippen molar-refractivity contribution in [2.24, 2.45) is 5.73 Å². The van der Waals surface area contributed by atoms with Crippen molar-refractivity contribution in [2.45, 2.75) is 19.4 Å². The third-order valence-electron chi connectivity index (χ3n) is 2.61. The molecule has 1 aromatic carbocycles. The van der Waals surface area contributed by atoms with Crippen LogP contribution in [0.1, 0.15) is 23.7 Å². The zero-order valence-electron chi connectivity index (χ0n) is 11.7. The molecule has 0 aromatic heterocycles. The summed E-state index contributed by atoms with van der Waals surface area (Å²) in [4.78, 5) is 23.5. The first kappa shape index (κ1) is 16.5. The lowest BCUT2D eigenvalue weighted by Gasteiger charge is -2.12. The van der Waals surface area contributed by atoms with E-state index in [-0.39, 0.29) is 5.91 Å². The standard InChI is InChI=1S/C14H20N2O3S/c1-3-19-14(18)10-5-4-6-11(9-10)16-13(17)12(15)7-8-20-2/h4-6,9,12H,3,7-8,15H2,1-2H3,(H,16,17)/t12-/m0/s1. The smallest absolute Gasteiger partial charge is 0.338 e. The maximum Gasteiger partial charge on any atom is 0.338 e. The van der Waals surface area contributed by atoms with Crippen molar-refractivity contribution in [3.05, 3.63) is 29.8 Å². The summed E-state index contributed by atoms with van der Waals surface area (Å²) >= 11 is 1.64. The minimum atomic E-state index is -0.548. The van der Waals surface area contributed by atoms with E-state index in [1.165, 1.54) is 0 Å². The molecule has 5 nitrogen and oxygen atoms in total. The molecular formula is C14H20N2O3S. The van der Waals surface area contributed by atoms with Gasteiger partial charge >= 0.3 is 5.97 Å². The summed E-state index contributed by atoms with van der Waals surface area (Å²) < 4.78 is 4.91. The van der Waals surface area contributed by atoms with Crippen LogP contribution in [0.4, 0.5) is 5.69 Å². The van der Waals surface area contributed by atoms with E-state index in [4.69, 9.17) is 10.5 Å². The van der Waals surface area contributed by atoms with Crippen molar-refractivity contribution in [3.63, 3.8) is 0 Å². The number of esters is 1. The monoisotopic (exact) mass is 296 g/mol. The summed E-state index contributed by atoms with van der Waals surface area (Å²) in [5.41, 5.74) is 6.73. The third kappa shape index (κ3) is 5.22. The van der Waals surface area contributed by atoms with E-state index in [0.717, 1.165) is 5.75 Å². The first-order chi connectivity index (χ1) is 9.58. The molecule has 1 rings (SSSR count). The Balaban J connectivity index is 2.66. The van der Waals surface area contributed by atoms with E-state index < -0.39 is 12.0 Å². The Kier molecular flexibility index (Phi) is 7.11. The Morgan fingerprint density at radius 2 is 2.20 bits per heavy atom. The van der Waals surface area contributed by atoms with Crippen molar-refractivity contribution < 1.29 is 14.3 Å². The molecule has 0 aliphatic carbocycles. The van der Waals surface area contributed by atoms with E-state index >= 15 is 0 Å². The van der Waals surface area contributed by atoms with Crippen molar-refractivity contribution in [1.29, 1.82) is 0 Å². The van der Waals surface area contributed by atoms with Gasteiger partial charge in [0.25, 0.3) is 0 Å².